The molecule has 29 heavy (non-hydrogen) atoms. The first kappa shape index (κ1) is 20.5. The number of phenols is 1. The van der Waals surface area contributed by atoms with Gasteiger partial charge in [0, 0.05) is 10.7 Å². The Kier molecular flexibility index (Phi) is 5.65. The first-order valence-corrected chi connectivity index (χ1v) is 8.64. The van der Waals surface area contributed by atoms with E-state index in [0.717, 1.165) is 6.07 Å². The molecule has 9 heteroatoms. The number of alkyl halides is 3. The fourth-order valence-corrected chi connectivity index (χ4v) is 2.60. The van der Waals surface area contributed by atoms with Crippen LogP contribution >= 0.6 is 11.6 Å². The van der Waals surface area contributed by atoms with E-state index >= 15 is 0 Å². The van der Waals surface area contributed by atoms with Gasteiger partial charge in [-0.1, -0.05) is 29.8 Å². The lowest BCUT2D eigenvalue weighted by Gasteiger charge is -2.15. The number of para-hydroxylation sites is 2. The van der Waals surface area contributed by atoms with Gasteiger partial charge in [0.05, 0.1) is 0 Å². The highest BCUT2D eigenvalue weighted by molar-refractivity contribution is 6.30. The van der Waals surface area contributed by atoms with Crippen LogP contribution in [0.15, 0.2) is 54.6 Å². The minimum atomic E-state index is -4.71. The fraction of sp³-hybridized carbons (Fsp3) is 0.100. The predicted molar refractivity (Wildman–Crippen MR) is 102 cm³/mol. The Hall–Kier alpha value is -3.26. The Morgan fingerprint density at radius 2 is 1.86 bits per heavy atom. The number of halogens is 4. The van der Waals surface area contributed by atoms with E-state index in [4.69, 9.17) is 16.3 Å². The monoisotopic (exact) mass is 422 g/mol. The number of anilines is 2. The summed E-state index contributed by atoms with van der Waals surface area (Å²) < 4.78 is 44.5. The van der Waals surface area contributed by atoms with Crippen molar-refractivity contribution in [3.8, 4) is 11.5 Å². The number of aryl methyl sites for hydroxylation is 1. The number of aromatic hydroxyl groups is 1. The van der Waals surface area contributed by atoms with Gasteiger partial charge in [-0.2, -0.15) is 13.2 Å². The molecule has 2 aromatic carbocycles. The van der Waals surface area contributed by atoms with Gasteiger partial charge >= 0.3 is 12.1 Å². The van der Waals surface area contributed by atoms with Gasteiger partial charge in [-0.25, -0.2) is 9.78 Å². The zero-order chi connectivity index (χ0) is 21.2. The summed E-state index contributed by atoms with van der Waals surface area (Å²) >= 11 is 5.95. The van der Waals surface area contributed by atoms with Crippen LogP contribution in [-0.2, 0) is 6.18 Å². The molecule has 5 nitrogen and oxygen atoms in total. The maximum absolute atomic E-state index is 13.1. The van der Waals surface area contributed by atoms with Crippen molar-refractivity contribution in [2.24, 2.45) is 0 Å². The van der Waals surface area contributed by atoms with Gasteiger partial charge in [-0.05, 0) is 48.9 Å². The Morgan fingerprint density at radius 3 is 2.55 bits per heavy atom. The van der Waals surface area contributed by atoms with E-state index in [2.05, 4.69) is 10.3 Å². The highest BCUT2D eigenvalue weighted by Gasteiger charge is 2.34. The van der Waals surface area contributed by atoms with E-state index in [0.29, 0.717) is 22.3 Å². The summed E-state index contributed by atoms with van der Waals surface area (Å²) in [6.07, 6.45) is -4.71. The van der Waals surface area contributed by atoms with Crippen molar-refractivity contribution < 1.29 is 27.8 Å². The molecule has 0 aliphatic rings. The summed E-state index contributed by atoms with van der Waals surface area (Å²) in [6.45, 7) is 1.71. The smallest absolute Gasteiger partial charge is 0.433 e. The molecule has 1 heterocycles. The molecule has 3 rings (SSSR count). The SMILES string of the molecule is Cc1ccc(Cl)cc1Nc1nc(C(F)(F)F)ccc1C(=O)Oc1ccccc1O. The standard InChI is InChI=1S/C20H14ClF3N2O3/c1-11-6-7-12(21)10-14(11)25-18-13(8-9-17(26-18)20(22,23)24)19(28)29-16-5-3-2-4-15(16)27/h2-10,27H,1H3,(H,25,26). The summed E-state index contributed by atoms with van der Waals surface area (Å²) in [5.74, 6) is -1.77. The van der Waals surface area contributed by atoms with E-state index < -0.39 is 17.8 Å². The first-order chi connectivity index (χ1) is 13.6. The first-order valence-electron chi connectivity index (χ1n) is 8.27. The minimum Gasteiger partial charge on any atom is -0.504 e. The van der Waals surface area contributed by atoms with Crippen LogP contribution in [0.4, 0.5) is 24.7 Å². The van der Waals surface area contributed by atoms with E-state index in [-0.39, 0.29) is 22.9 Å². The van der Waals surface area contributed by atoms with Crippen LogP contribution in [0.25, 0.3) is 0 Å². The van der Waals surface area contributed by atoms with Crippen molar-refractivity contribution in [3.63, 3.8) is 0 Å². The summed E-state index contributed by atoms with van der Waals surface area (Å²) in [6, 6.07) is 12.1. The van der Waals surface area contributed by atoms with Crippen LogP contribution in [0, 0.1) is 6.92 Å². The summed E-state index contributed by atoms with van der Waals surface area (Å²) in [7, 11) is 0. The number of nitrogens with zero attached hydrogens (tertiary/aromatic N) is 1. The molecule has 0 atom stereocenters. The Morgan fingerprint density at radius 1 is 1.14 bits per heavy atom. The topological polar surface area (TPSA) is 71.5 Å². The molecule has 1 aromatic heterocycles. The third-order valence-electron chi connectivity index (χ3n) is 3.93. The molecule has 0 aliphatic carbocycles. The minimum absolute atomic E-state index is 0.137. The molecule has 0 spiro atoms. The molecule has 150 valence electrons. The second-order valence-corrected chi connectivity index (χ2v) is 6.47. The average molecular weight is 423 g/mol. The number of esters is 1. The molecule has 0 saturated carbocycles. The second-order valence-electron chi connectivity index (χ2n) is 6.03. The molecule has 0 aliphatic heterocycles. The molecule has 0 saturated heterocycles. The van der Waals surface area contributed by atoms with Crippen LogP contribution < -0.4 is 10.1 Å². The number of rotatable bonds is 4. The second kappa shape index (κ2) is 8.00. The highest BCUT2D eigenvalue weighted by atomic mass is 35.5. The third kappa shape index (κ3) is 4.78. The van der Waals surface area contributed by atoms with E-state index in [1.54, 1.807) is 19.1 Å². The van der Waals surface area contributed by atoms with Crippen molar-refractivity contribution >= 4 is 29.1 Å². The largest absolute Gasteiger partial charge is 0.504 e. The number of pyridine rings is 1. The quantitative estimate of drug-likeness (QED) is 0.415. The summed E-state index contributed by atoms with van der Waals surface area (Å²) in [4.78, 5) is 16.1. The molecule has 0 radical (unpaired) electrons. The normalized spacial score (nSPS) is 11.2. The summed E-state index contributed by atoms with van der Waals surface area (Å²) in [5.41, 5.74) is -0.381. The molecule has 0 unspecified atom stereocenters. The van der Waals surface area contributed by atoms with Crippen molar-refractivity contribution in [2.45, 2.75) is 13.1 Å². The summed E-state index contributed by atoms with van der Waals surface area (Å²) in [5, 5.41) is 12.8. The van der Waals surface area contributed by atoms with E-state index in [9.17, 15) is 23.1 Å². The van der Waals surface area contributed by atoms with Gasteiger partial charge in [-0.15, -0.1) is 0 Å². The van der Waals surface area contributed by atoms with Gasteiger partial charge in [0.2, 0.25) is 0 Å². The van der Waals surface area contributed by atoms with Gasteiger partial charge in [0.1, 0.15) is 17.1 Å². The van der Waals surface area contributed by atoms with Crippen LogP contribution in [0.5, 0.6) is 11.5 Å². The molecule has 0 amide bonds. The third-order valence-corrected chi connectivity index (χ3v) is 4.16. The molecular formula is C20H14ClF3N2O3. The molecule has 0 fully saturated rings. The van der Waals surface area contributed by atoms with Gasteiger partial charge in [-0.3, -0.25) is 0 Å². The number of hydrogen-bond donors (Lipinski definition) is 2. The lowest BCUT2D eigenvalue weighted by atomic mass is 10.1. The Bertz CT molecular complexity index is 1070. The van der Waals surface area contributed by atoms with Crippen LogP contribution in [0.3, 0.4) is 0 Å². The van der Waals surface area contributed by atoms with Gasteiger partial charge < -0.3 is 15.2 Å². The number of phenolic OH excluding ortho intramolecular Hbond substituents is 1. The van der Waals surface area contributed by atoms with Gasteiger partial charge in [0.25, 0.3) is 0 Å². The number of carbonyl (C=O) groups excluding carboxylic acids is 1. The van der Waals surface area contributed by atoms with Crippen LogP contribution in [0.2, 0.25) is 5.02 Å². The number of nitrogens with one attached hydrogen (secondary N) is 1. The number of hydrogen-bond acceptors (Lipinski definition) is 5. The van der Waals surface area contributed by atoms with Crippen molar-refractivity contribution in [3.05, 3.63) is 76.4 Å². The van der Waals surface area contributed by atoms with Gasteiger partial charge in [0.15, 0.2) is 11.5 Å². The van der Waals surface area contributed by atoms with Crippen LogP contribution in [-0.4, -0.2) is 16.1 Å². The number of aromatic nitrogens is 1. The lowest BCUT2D eigenvalue weighted by Crippen LogP contribution is -2.16. The van der Waals surface area contributed by atoms with E-state index in [1.165, 1.54) is 30.3 Å². The molecule has 3 aromatic rings. The maximum Gasteiger partial charge on any atom is 0.433 e. The zero-order valence-corrected chi connectivity index (χ0v) is 15.7. The average Bonchev–Trinajstić information content (AvgIpc) is 2.65. The fourth-order valence-electron chi connectivity index (χ4n) is 2.43. The van der Waals surface area contributed by atoms with E-state index in [1.807, 2.05) is 0 Å². The maximum atomic E-state index is 13.1. The highest BCUT2D eigenvalue weighted by Crippen LogP contribution is 2.33. The molecule has 0 bridgehead atoms. The van der Waals surface area contributed by atoms with Crippen molar-refractivity contribution in [2.75, 3.05) is 5.32 Å². The lowest BCUT2D eigenvalue weighted by molar-refractivity contribution is -0.141. The van der Waals surface area contributed by atoms with Crippen molar-refractivity contribution in [1.29, 1.82) is 0 Å². The number of carbonyl (C=O) groups is 1. The van der Waals surface area contributed by atoms with Crippen LogP contribution in [0.1, 0.15) is 21.6 Å². The predicted octanol–water partition coefficient (Wildman–Crippen LogP) is 5.73. The Balaban J connectivity index is 2.03. The Labute approximate surface area is 168 Å². The number of benzene rings is 2. The zero-order valence-electron chi connectivity index (χ0n) is 14.9. The number of ether oxygens (including phenoxy) is 1. The molecule has 2 N–H and O–H groups in total. The van der Waals surface area contributed by atoms with Crippen molar-refractivity contribution in [1.82, 2.24) is 4.98 Å². The molecular weight excluding hydrogens is 409 g/mol.